The predicted molar refractivity (Wildman–Crippen MR) is 106 cm³/mol. The fourth-order valence-corrected chi connectivity index (χ4v) is 3.65. The van der Waals surface area contributed by atoms with Crippen molar-refractivity contribution in [2.24, 2.45) is 0 Å². The van der Waals surface area contributed by atoms with Crippen molar-refractivity contribution in [2.75, 3.05) is 36.1 Å². The Morgan fingerprint density at radius 1 is 1.08 bits per heavy atom. The van der Waals surface area contributed by atoms with Gasteiger partial charge in [0.05, 0.1) is 12.1 Å². The van der Waals surface area contributed by atoms with E-state index >= 15 is 0 Å². The number of hydrogen-bond acceptors (Lipinski definition) is 6. The number of aliphatic hydroxyl groups is 1. The van der Waals surface area contributed by atoms with E-state index in [-0.39, 0.29) is 12.6 Å². The quantitative estimate of drug-likeness (QED) is 0.671. The maximum atomic E-state index is 9.71. The highest BCUT2D eigenvalue weighted by Gasteiger charge is 2.16. The van der Waals surface area contributed by atoms with Crippen LogP contribution in [-0.2, 0) is 6.61 Å². The zero-order valence-electron chi connectivity index (χ0n) is 14.9. The summed E-state index contributed by atoms with van der Waals surface area (Å²) in [6.07, 6.45) is 2.40. The van der Waals surface area contributed by atoms with Gasteiger partial charge in [-0.2, -0.15) is 4.98 Å². The summed E-state index contributed by atoms with van der Waals surface area (Å²) < 4.78 is 0. The van der Waals surface area contributed by atoms with Crippen molar-refractivity contribution >= 4 is 28.4 Å². The van der Waals surface area contributed by atoms with Crippen LogP contribution in [0.2, 0.25) is 0 Å². The van der Waals surface area contributed by atoms with Crippen LogP contribution in [0.4, 0.5) is 17.5 Å². The third kappa shape index (κ3) is 2.93. The summed E-state index contributed by atoms with van der Waals surface area (Å²) in [4.78, 5) is 11.0. The molecule has 1 aliphatic heterocycles. The SMILES string of the molecule is CNc1nc(N)nc2cc(-c3ccc(CO)c(N4CCCC4)c3)ccc12. The van der Waals surface area contributed by atoms with Crippen molar-refractivity contribution in [1.29, 1.82) is 0 Å². The minimum Gasteiger partial charge on any atom is -0.392 e. The Morgan fingerprint density at radius 2 is 1.81 bits per heavy atom. The first-order valence-corrected chi connectivity index (χ1v) is 8.94. The number of anilines is 3. The number of nitrogen functional groups attached to an aromatic ring is 1. The van der Waals surface area contributed by atoms with E-state index in [1.54, 1.807) is 0 Å². The van der Waals surface area contributed by atoms with Crippen molar-refractivity contribution in [3.8, 4) is 11.1 Å². The third-order valence-corrected chi connectivity index (χ3v) is 4.99. The van der Waals surface area contributed by atoms with Gasteiger partial charge in [-0.15, -0.1) is 0 Å². The topological polar surface area (TPSA) is 87.3 Å². The minimum absolute atomic E-state index is 0.0547. The van der Waals surface area contributed by atoms with E-state index in [1.165, 1.54) is 12.8 Å². The molecule has 1 fully saturated rings. The van der Waals surface area contributed by atoms with E-state index in [0.717, 1.165) is 52.2 Å². The van der Waals surface area contributed by atoms with Gasteiger partial charge in [-0.3, -0.25) is 0 Å². The first-order chi connectivity index (χ1) is 12.7. The summed E-state index contributed by atoms with van der Waals surface area (Å²) in [7, 11) is 1.82. The number of rotatable bonds is 4. The van der Waals surface area contributed by atoms with Crippen molar-refractivity contribution in [1.82, 2.24) is 9.97 Å². The van der Waals surface area contributed by atoms with Gasteiger partial charge in [0.1, 0.15) is 5.82 Å². The molecule has 1 aromatic heterocycles. The monoisotopic (exact) mass is 349 g/mol. The molecule has 6 nitrogen and oxygen atoms in total. The van der Waals surface area contributed by atoms with Gasteiger partial charge >= 0.3 is 0 Å². The van der Waals surface area contributed by atoms with Gasteiger partial charge in [0.2, 0.25) is 5.95 Å². The lowest BCUT2D eigenvalue weighted by atomic mass is 10.0. The molecule has 3 aromatic rings. The molecule has 4 N–H and O–H groups in total. The van der Waals surface area contributed by atoms with Crippen molar-refractivity contribution in [2.45, 2.75) is 19.4 Å². The van der Waals surface area contributed by atoms with Gasteiger partial charge < -0.3 is 21.1 Å². The van der Waals surface area contributed by atoms with Crippen molar-refractivity contribution in [3.05, 3.63) is 42.0 Å². The minimum atomic E-state index is 0.0547. The molecule has 2 heterocycles. The summed E-state index contributed by atoms with van der Waals surface area (Å²) >= 11 is 0. The highest BCUT2D eigenvalue weighted by Crippen LogP contribution is 2.32. The number of hydrogen-bond donors (Lipinski definition) is 3. The second-order valence-electron chi connectivity index (χ2n) is 6.61. The number of aliphatic hydroxyl groups excluding tert-OH is 1. The van der Waals surface area contributed by atoms with Crippen LogP contribution in [0.1, 0.15) is 18.4 Å². The number of nitrogens with zero attached hydrogens (tertiary/aromatic N) is 3. The van der Waals surface area contributed by atoms with Gasteiger partial charge in [-0.1, -0.05) is 18.2 Å². The Bertz CT molecular complexity index is 950. The standard InChI is InChI=1S/C20H23N5O/c1-22-19-16-7-6-13(10-17(16)23-20(21)24-19)14-4-5-15(12-26)18(11-14)25-8-2-3-9-25/h4-7,10-11,26H,2-3,8-9,12H2,1H3,(H3,21,22,23,24). The first kappa shape index (κ1) is 16.6. The van der Waals surface area contributed by atoms with E-state index in [9.17, 15) is 5.11 Å². The molecular weight excluding hydrogens is 326 g/mol. The average Bonchev–Trinajstić information content (AvgIpc) is 3.20. The van der Waals surface area contributed by atoms with Crippen LogP contribution < -0.4 is 16.0 Å². The maximum absolute atomic E-state index is 9.71. The molecule has 0 atom stereocenters. The lowest BCUT2D eigenvalue weighted by Gasteiger charge is -2.22. The van der Waals surface area contributed by atoms with Gasteiger partial charge in [0.15, 0.2) is 0 Å². The van der Waals surface area contributed by atoms with Crippen LogP contribution >= 0.6 is 0 Å². The Hall–Kier alpha value is -2.86. The van der Waals surface area contributed by atoms with Crippen molar-refractivity contribution < 1.29 is 5.11 Å². The number of nitrogens with one attached hydrogen (secondary N) is 1. The first-order valence-electron chi connectivity index (χ1n) is 8.94. The molecule has 0 spiro atoms. The van der Waals surface area contributed by atoms with Crippen LogP contribution in [0.25, 0.3) is 22.0 Å². The Morgan fingerprint density at radius 3 is 2.54 bits per heavy atom. The number of nitrogens with two attached hydrogens (primary N) is 1. The predicted octanol–water partition coefficient (Wildman–Crippen LogP) is 3.01. The van der Waals surface area contributed by atoms with Crippen molar-refractivity contribution in [3.63, 3.8) is 0 Å². The van der Waals surface area contributed by atoms with Crippen LogP contribution in [0.3, 0.4) is 0 Å². The van der Waals surface area contributed by atoms with Gasteiger partial charge in [0.25, 0.3) is 0 Å². The molecule has 0 aliphatic carbocycles. The van der Waals surface area contributed by atoms with E-state index in [2.05, 4.69) is 38.4 Å². The summed E-state index contributed by atoms with van der Waals surface area (Å²) in [5.74, 6) is 0.986. The van der Waals surface area contributed by atoms with Gasteiger partial charge in [-0.05, 0) is 42.2 Å². The van der Waals surface area contributed by atoms with Crippen LogP contribution in [0.5, 0.6) is 0 Å². The molecule has 4 rings (SSSR count). The fourth-order valence-electron chi connectivity index (χ4n) is 3.65. The Kier molecular flexibility index (Phi) is 4.34. The van der Waals surface area contributed by atoms with Crippen LogP contribution in [-0.4, -0.2) is 35.2 Å². The Labute approximate surface area is 152 Å². The molecule has 0 radical (unpaired) electrons. The Balaban J connectivity index is 1.80. The molecule has 1 saturated heterocycles. The highest BCUT2D eigenvalue weighted by molar-refractivity contribution is 5.93. The zero-order chi connectivity index (χ0) is 18.1. The lowest BCUT2D eigenvalue weighted by Crippen LogP contribution is -2.19. The van der Waals surface area contributed by atoms with Crippen LogP contribution in [0.15, 0.2) is 36.4 Å². The molecule has 0 amide bonds. The second kappa shape index (κ2) is 6.80. The number of fused-ring (bicyclic) bond motifs is 1. The largest absolute Gasteiger partial charge is 0.392 e. The highest BCUT2D eigenvalue weighted by atomic mass is 16.3. The van der Waals surface area contributed by atoms with Gasteiger partial charge in [-0.25, -0.2) is 4.98 Å². The zero-order valence-corrected chi connectivity index (χ0v) is 14.9. The number of benzene rings is 2. The van der Waals surface area contributed by atoms with E-state index in [0.29, 0.717) is 0 Å². The number of aromatic nitrogens is 2. The average molecular weight is 349 g/mol. The molecule has 2 aromatic carbocycles. The molecule has 0 saturated carbocycles. The summed E-state index contributed by atoms with van der Waals surface area (Å²) in [5, 5.41) is 13.7. The lowest BCUT2D eigenvalue weighted by molar-refractivity contribution is 0.282. The normalized spacial score (nSPS) is 14.2. The molecule has 6 heteroatoms. The molecule has 0 unspecified atom stereocenters. The van der Waals surface area contributed by atoms with Crippen LogP contribution in [0, 0.1) is 0 Å². The molecule has 0 bridgehead atoms. The summed E-state index contributed by atoms with van der Waals surface area (Å²) in [6, 6.07) is 12.4. The second-order valence-corrected chi connectivity index (χ2v) is 6.61. The van der Waals surface area contributed by atoms with Gasteiger partial charge in [0, 0.05) is 36.8 Å². The smallest absolute Gasteiger partial charge is 0.222 e. The van der Waals surface area contributed by atoms with E-state index in [4.69, 9.17) is 5.73 Å². The molecular formula is C20H23N5O. The summed E-state index contributed by atoms with van der Waals surface area (Å²) in [5.41, 5.74) is 10.9. The van der Waals surface area contributed by atoms with E-state index < -0.39 is 0 Å². The maximum Gasteiger partial charge on any atom is 0.222 e. The molecule has 26 heavy (non-hydrogen) atoms. The molecule has 134 valence electrons. The van der Waals surface area contributed by atoms with E-state index in [1.807, 2.05) is 25.2 Å². The fraction of sp³-hybridized carbons (Fsp3) is 0.300. The summed E-state index contributed by atoms with van der Waals surface area (Å²) in [6.45, 7) is 2.14. The molecule has 1 aliphatic rings. The third-order valence-electron chi connectivity index (χ3n) is 4.99.